The Bertz CT molecular complexity index is 2920. The second-order valence-electron chi connectivity index (χ2n) is 12.9. The monoisotopic (exact) mass is 653 g/mol. The summed E-state index contributed by atoms with van der Waals surface area (Å²) < 4.78 is 11.0. The Morgan fingerprint density at radius 2 is 0.941 bits per heavy atom. The molecule has 0 fully saturated rings. The second kappa shape index (κ2) is 10.7. The van der Waals surface area contributed by atoms with E-state index >= 15 is 0 Å². The fourth-order valence-electron chi connectivity index (χ4n) is 7.99. The van der Waals surface area contributed by atoms with E-state index in [-0.39, 0.29) is 0 Å². The number of aromatic nitrogens is 5. The van der Waals surface area contributed by atoms with Gasteiger partial charge in [0.15, 0.2) is 5.58 Å². The maximum atomic E-state index is 6.37. The van der Waals surface area contributed by atoms with Crippen LogP contribution in [0, 0.1) is 0 Å². The van der Waals surface area contributed by atoms with Gasteiger partial charge in [-0.2, -0.15) is 5.10 Å². The number of pyridine rings is 1. The first-order chi connectivity index (χ1) is 25.3. The molecule has 11 aromatic rings. The molecule has 238 valence electrons. The lowest BCUT2D eigenvalue weighted by molar-refractivity contribution is 0.644. The van der Waals surface area contributed by atoms with Crippen LogP contribution in [0.15, 0.2) is 169 Å². The van der Waals surface area contributed by atoms with Crippen LogP contribution in [0.3, 0.4) is 0 Å². The van der Waals surface area contributed by atoms with Gasteiger partial charge in [0.05, 0.1) is 39.8 Å². The summed E-state index contributed by atoms with van der Waals surface area (Å²) in [7, 11) is 0. The second-order valence-corrected chi connectivity index (χ2v) is 12.9. The Hall–Kier alpha value is -7.05. The molecule has 0 unspecified atom stereocenters. The highest BCUT2D eigenvalue weighted by molar-refractivity contribution is 6.19. The maximum Gasteiger partial charge on any atom is 0.247 e. The first kappa shape index (κ1) is 27.9. The normalized spacial score (nSPS) is 11.9. The minimum absolute atomic E-state index is 0.491. The summed E-state index contributed by atoms with van der Waals surface area (Å²) in [5, 5.41) is 15.5. The maximum absolute atomic E-state index is 6.37. The Kier molecular flexibility index (Phi) is 5.86. The van der Waals surface area contributed by atoms with Gasteiger partial charge in [-0.1, -0.05) is 84.9 Å². The molecule has 0 atom stereocenters. The quantitative estimate of drug-likeness (QED) is 0.190. The largest absolute Gasteiger partial charge is 0.435 e. The Morgan fingerprint density at radius 3 is 1.53 bits per heavy atom. The summed E-state index contributed by atoms with van der Waals surface area (Å²) in [5.41, 5.74) is 12.1. The fraction of sp³-hybridized carbons (Fsp3) is 0. The molecular weight excluding hydrogens is 627 g/mol. The van der Waals surface area contributed by atoms with Crippen LogP contribution in [0.1, 0.15) is 0 Å². The molecule has 6 aromatic carbocycles. The molecule has 5 aromatic heterocycles. The number of hydrogen-bond donors (Lipinski definition) is 0. The van der Waals surface area contributed by atoms with E-state index in [1.807, 2.05) is 12.4 Å². The van der Waals surface area contributed by atoms with Crippen LogP contribution < -0.4 is 0 Å². The van der Waals surface area contributed by atoms with Crippen LogP contribution in [-0.4, -0.2) is 24.3 Å². The highest BCUT2D eigenvalue weighted by atomic mass is 16.3. The third-order valence-electron chi connectivity index (χ3n) is 10.2. The zero-order valence-electron chi connectivity index (χ0n) is 27.2. The first-order valence-electron chi connectivity index (χ1n) is 17.0. The molecule has 5 heterocycles. The van der Waals surface area contributed by atoms with Crippen LogP contribution in [0.5, 0.6) is 0 Å². The van der Waals surface area contributed by atoms with Crippen molar-refractivity contribution in [2.75, 3.05) is 0 Å². The molecule has 6 nitrogen and oxygen atoms in total. The van der Waals surface area contributed by atoms with Crippen LogP contribution >= 0.6 is 0 Å². The molecule has 0 aliphatic rings. The zero-order chi connectivity index (χ0) is 33.5. The Labute approximate surface area is 291 Å². The Balaban J connectivity index is 1.15. The minimum atomic E-state index is 0.491. The zero-order valence-corrected chi connectivity index (χ0v) is 27.2. The van der Waals surface area contributed by atoms with Crippen LogP contribution in [0.4, 0.5) is 0 Å². The molecule has 0 amide bonds. The van der Waals surface area contributed by atoms with Gasteiger partial charge in [-0.25, -0.2) is 0 Å². The fourth-order valence-corrected chi connectivity index (χ4v) is 7.99. The smallest absolute Gasteiger partial charge is 0.247 e. The van der Waals surface area contributed by atoms with Crippen molar-refractivity contribution in [1.29, 1.82) is 0 Å². The number of benzene rings is 6. The van der Waals surface area contributed by atoms with Gasteiger partial charge in [0.25, 0.3) is 0 Å². The topological polar surface area (TPSA) is 61.7 Å². The lowest BCUT2D eigenvalue weighted by atomic mass is 9.96. The standard InChI is InChI=1S/C45H27N5O/c1-3-11-30(12-4-1)49-38-17-9-7-15-32(38)34-23-28(19-21-40(34)49)36-25-46-27-42-43(36)44-37(26-47-48-45(44)51-42)29-20-22-41-35(24-29)33-16-8-10-18-39(33)50(41)31-13-5-2-6-14-31/h1-27H. The predicted octanol–water partition coefficient (Wildman–Crippen LogP) is 11.3. The summed E-state index contributed by atoms with van der Waals surface area (Å²) >= 11 is 0. The van der Waals surface area contributed by atoms with Gasteiger partial charge in [0.1, 0.15) is 0 Å². The minimum Gasteiger partial charge on any atom is -0.435 e. The lowest BCUT2D eigenvalue weighted by Gasteiger charge is -2.09. The predicted molar refractivity (Wildman–Crippen MR) is 207 cm³/mol. The van der Waals surface area contributed by atoms with Crippen molar-refractivity contribution in [2.24, 2.45) is 0 Å². The molecule has 0 aliphatic heterocycles. The van der Waals surface area contributed by atoms with E-state index in [1.165, 1.54) is 32.6 Å². The van der Waals surface area contributed by atoms with Crippen molar-refractivity contribution in [2.45, 2.75) is 0 Å². The molecular formula is C45H27N5O. The molecule has 6 heteroatoms. The highest BCUT2D eigenvalue weighted by Gasteiger charge is 2.21. The van der Waals surface area contributed by atoms with Crippen molar-refractivity contribution < 1.29 is 4.42 Å². The van der Waals surface area contributed by atoms with Crippen LogP contribution in [0.2, 0.25) is 0 Å². The number of hydrogen-bond acceptors (Lipinski definition) is 4. The van der Waals surface area contributed by atoms with Crippen molar-refractivity contribution in [3.05, 3.63) is 164 Å². The van der Waals surface area contributed by atoms with E-state index in [0.717, 1.165) is 55.4 Å². The van der Waals surface area contributed by atoms with E-state index < -0.39 is 0 Å². The molecule has 11 rings (SSSR count). The molecule has 0 spiro atoms. The summed E-state index contributed by atoms with van der Waals surface area (Å²) in [5.74, 6) is 0. The average Bonchev–Trinajstić information content (AvgIpc) is 3.86. The summed E-state index contributed by atoms with van der Waals surface area (Å²) in [6, 6.07) is 51.6. The number of furan rings is 1. The van der Waals surface area contributed by atoms with E-state index in [9.17, 15) is 0 Å². The van der Waals surface area contributed by atoms with Gasteiger partial charge in [0, 0.05) is 55.6 Å². The van der Waals surface area contributed by atoms with Crippen LogP contribution in [0.25, 0.3) is 99.3 Å². The number of para-hydroxylation sites is 4. The van der Waals surface area contributed by atoms with Crippen molar-refractivity contribution in [3.8, 4) is 33.6 Å². The molecule has 0 aliphatic carbocycles. The van der Waals surface area contributed by atoms with Gasteiger partial charge >= 0.3 is 0 Å². The summed E-state index contributed by atoms with van der Waals surface area (Å²) in [6.07, 6.45) is 5.58. The summed E-state index contributed by atoms with van der Waals surface area (Å²) in [6.45, 7) is 0. The highest BCUT2D eigenvalue weighted by Crippen LogP contribution is 2.43. The van der Waals surface area contributed by atoms with Gasteiger partial charge in [-0.3, -0.25) is 4.98 Å². The van der Waals surface area contributed by atoms with Gasteiger partial charge in [-0.05, 0) is 71.8 Å². The van der Waals surface area contributed by atoms with E-state index in [2.05, 4.69) is 170 Å². The van der Waals surface area contributed by atoms with Crippen molar-refractivity contribution >= 4 is 65.7 Å². The molecule has 0 radical (unpaired) electrons. The molecule has 0 saturated carbocycles. The number of fused-ring (bicyclic) bond motifs is 9. The van der Waals surface area contributed by atoms with Gasteiger partial charge < -0.3 is 13.6 Å². The average molecular weight is 654 g/mol. The number of rotatable bonds is 4. The third-order valence-corrected chi connectivity index (χ3v) is 10.2. The molecule has 0 saturated heterocycles. The lowest BCUT2D eigenvalue weighted by Crippen LogP contribution is -1.93. The van der Waals surface area contributed by atoms with Crippen molar-refractivity contribution in [3.63, 3.8) is 0 Å². The molecule has 0 bridgehead atoms. The SMILES string of the molecule is c1ccc(-n2c3ccccc3c3cc(-c4cncc5oc6nncc(-c7ccc8c(c7)c7ccccc7n8-c7ccccc7)c6c45)ccc32)cc1. The van der Waals surface area contributed by atoms with Gasteiger partial charge in [0.2, 0.25) is 5.71 Å². The molecule has 0 N–H and O–H groups in total. The van der Waals surface area contributed by atoms with E-state index in [0.29, 0.717) is 11.3 Å². The Morgan fingerprint density at radius 1 is 0.431 bits per heavy atom. The van der Waals surface area contributed by atoms with Crippen molar-refractivity contribution in [1.82, 2.24) is 24.3 Å². The molecule has 51 heavy (non-hydrogen) atoms. The third kappa shape index (κ3) is 4.07. The van der Waals surface area contributed by atoms with E-state index in [1.54, 1.807) is 6.20 Å². The number of nitrogens with zero attached hydrogens (tertiary/aromatic N) is 5. The van der Waals surface area contributed by atoms with Gasteiger partial charge in [-0.15, -0.1) is 5.10 Å². The first-order valence-corrected chi connectivity index (χ1v) is 17.0. The van der Waals surface area contributed by atoms with Crippen LogP contribution in [-0.2, 0) is 0 Å². The van der Waals surface area contributed by atoms with E-state index in [4.69, 9.17) is 4.42 Å². The summed E-state index contributed by atoms with van der Waals surface area (Å²) in [4.78, 5) is 4.64.